The van der Waals surface area contributed by atoms with Gasteiger partial charge in [0.15, 0.2) is 11.5 Å². The average Bonchev–Trinajstić information content (AvgIpc) is 3.46. The average molecular weight is 400 g/mol. The van der Waals surface area contributed by atoms with Gasteiger partial charge in [0.25, 0.3) is 0 Å². The van der Waals surface area contributed by atoms with Crippen LogP contribution in [0.25, 0.3) is 0 Å². The molecule has 0 aliphatic heterocycles. The van der Waals surface area contributed by atoms with Crippen LogP contribution in [0.1, 0.15) is 46.2 Å². The van der Waals surface area contributed by atoms with Gasteiger partial charge in [-0.05, 0) is 30.5 Å². The minimum Gasteiger partial charge on any atom is -0.464 e. The third-order valence-corrected chi connectivity index (χ3v) is 4.56. The lowest BCUT2D eigenvalue weighted by molar-refractivity contribution is -0.137. The van der Waals surface area contributed by atoms with E-state index in [0.29, 0.717) is 11.4 Å². The van der Waals surface area contributed by atoms with Gasteiger partial charge in [0.2, 0.25) is 0 Å². The summed E-state index contributed by atoms with van der Waals surface area (Å²) in [5.74, 6) is 0.251. The van der Waals surface area contributed by atoms with E-state index in [2.05, 4.69) is 9.97 Å². The maximum atomic E-state index is 12.9. The third kappa shape index (κ3) is 4.32. The number of anilines is 1. The molecular weight excluding hydrogens is 383 g/mol. The molecule has 2 aromatic rings. The van der Waals surface area contributed by atoms with Crippen LogP contribution in [0.2, 0.25) is 5.02 Å². The molecule has 1 aromatic heterocycles. The summed E-state index contributed by atoms with van der Waals surface area (Å²) in [4.78, 5) is 22.2. The number of alkyl halides is 3. The van der Waals surface area contributed by atoms with Crippen molar-refractivity contribution in [3.8, 4) is 0 Å². The SMILES string of the molecule is COC(=O)c1nc(C2CC2)nc(N(C)Cc2cccc(C(F)(F)F)c2)c1Cl. The molecular formula is C18H17ClF3N3O2. The number of rotatable bonds is 5. The fourth-order valence-corrected chi connectivity index (χ4v) is 2.96. The number of carbonyl (C=O) groups excluding carboxylic acids is 1. The Bertz CT molecular complexity index is 869. The maximum Gasteiger partial charge on any atom is 0.416 e. The number of hydrogen-bond acceptors (Lipinski definition) is 5. The van der Waals surface area contributed by atoms with Crippen molar-refractivity contribution in [2.45, 2.75) is 31.5 Å². The van der Waals surface area contributed by atoms with E-state index in [9.17, 15) is 18.0 Å². The van der Waals surface area contributed by atoms with Crippen LogP contribution in [0.5, 0.6) is 0 Å². The van der Waals surface area contributed by atoms with Crippen LogP contribution in [0.4, 0.5) is 19.0 Å². The zero-order valence-electron chi connectivity index (χ0n) is 14.7. The van der Waals surface area contributed by atoms with Gasteiger partial charge in [-0.3, -0.25) is 0 Å². The molecule has 1 saturated carbocycles. The van der Waals surface area contributed by atoms with Gasteiger partial charge in [0.1, 0.15) is 10.8 Å². The Kier molecular flexibility index (Phi) is 5.28. The van der Waals surface area contributed by atoms with Crippen molar-refractivity contribution in [2.75, 3.05) is 19.1 Å². The van der Waals surface area contributed by atoms with Gasteiger partial charge in [-0.2, -0.15) is 13.2 Å². The molecule has 1 heterocycles. The predicted octanol–water partition coefficient (Wildman–Crippen LogP) is 4.45. The Morgan fingerprint density at radius 2 is 2.04 bits per heavy atom. The quantitative estimate of drug-likeness (QED) is 0.695. The Hall–Kier alpha value is -2.35. The van der Waals surface area contributed by atoms with E-state index < -0.39 is 17.7 Å². The molecule has 0 spiro atoms. The number of esters is 1. The highest BCUT2D eigenvalue weighted by Crippen LogP contribution is 2.40. The molecule has 144 valence electrons. The molecule has 0 bridgehead atoms. The second-order valence-corrected chi connectivity index (χ2v) is 6.77. The zero-order chi connectivity index (χ0) is 19.8. The summed E-state index contributed by atoms with van der Waals surface area (Å²) in [6.07, 6.45) is -2.59. The van der Waals surface area contributed by atoms with Crippen molar-refractivity contribution < 1.29 is 22.7 Å². The number of nitrogens with zero attached hydrogens (tertiary/aromatic N) is 3. The van der Waals surface area contributed by atoms with E-state index in [4.69, 9.17) is 16.3 Å². The van der Waals surface area contributed by atoms with Crippen molar-refractivity contribution in [2.24, 2.45) is 0 Å². The van der Waals surface area contributed by atoms with Gasteiger partial charge in [-0.15, -0.1) is 0 Å². The normalized spacial score (nSPS) is 14.1. The van der Waals surface area contributed by atoms with Crippen LogP contribution in [0, 0.1) is 0 Å². The fourth-order valence-electron chi connectivity index (χ4n) is 2.66. The first-order chi connectivity index (χ1) is 12.7. The van der Waals surface area contributed by atoms with Crippen LogP contribution in [-0.2, 0) is 17.5 Å². The first kappa shape index (κ1) is 19.4. The van der Waals surface area contributed by atoms with Crippen LogP contribution in [0.3, 0.4) is 0 Å². The highest BCUT2D eigenvalue weighted by Gasteiger charge is 2.32. The molecule has 0 atom stereocenters. The fraction of sp³-hybridized carbons (Fsp3) is 0.389. The maximum absolute atomic E-state index is 12.9. The number of methoxy groups -OCH3 is 1. The lowest BCUT2D eigenvalue weighted by Crippen LogP contribution is -2.21. The Labute approximate surface area is 159 Å². The molecule has 1 fully saturated rings. The first-order valence-electron chi connectivity index (χ1n) is 8.23. The van der Waals surface area contributed by atoms with Crippen LogP contribution < -0.4 is 4.90 Å². The van der Waals surface area contributed by atoms with Gasteiger partial charge < -0.3 is 9.64 Å². The number of aromatic nitrogens is 2. The molecule has 9 heteroatoms. The van der Waals surface area contributed by atoms with Gasteiger partial charge in [-0.1, -0.05) is 23.7 Å². The zero-order valence-corrected chi connectivity index (χ0v) is 15.4. The summed E-state index contributed by atoms with van der Waals surface area (Å²) in [5, 5.41) is 0.0146. The number of carbonyl (C=O) groups is 1. The number of benzene rings is 1. The molecule has 0 radical (unpaired) electrons. The van der Waals surface area contributed by atoms with Gasteiger partial charge in [0.05, 0.1) is 12.7 Å². The summed E-state index contributed by atoms with van der Waals surface area (Å²) in [5.41, 5.74) is -0.326. The number of hydrogen-bond donors (Lipinski definition) is 0. The van der Waals surface area contributed by atoms with Gasteiger partial charge in [-0.25, -0.2) is 14.8 Å². The van der Waals surface area contributed by atoms with E-state index >= 15 is 0 Å². The molecule has 0 amide bonds. The smallest absolute Gasteiger partial charge is 0.416 e. The van der Waals surface area contributed by atoms with Gasteiger partial charge in [0, 0.05) is 19.5 Å². The molecule has 1 aromatic carbocycles. The third-order valence-electron chi connectivity index (χ3n) is 4.21. The first-order valence-corrected chi connectivity index (χ1v) is 8.61. The lowest BCUT2D eigenvalue weighted by Gasteiger charge is -2.21. The molecule has 0 saturated heterocycles. The molecule has 0 unspecified atom stereocenters. The number of ether oxygens (including phenoxy) is 1. The van der Waals surface area contributed by atoms with Crippen molar-refractivity contribution in [1.29, 1.82) is 0 Å². The second-order valence-electron chi connectivity index (χ2n) is 6.39. The van der Waals surface area contributed by atoms with Crippen molar-refractivity contribution in [3.63, 3.8) is 0 Å². The Balaban J connectivity index is 1.93. The summed E-state index contributed by atoms with van der Waals surface area (Å²) < 4.78 is 43.5. The summed E-state index contributed by atoms with van der Waals surface area (Å²) >= 11 is 6.30. The van der Waals surface area contributed by atoms with E-state index in [1.807, 2.05) is 0 Å². The monoisotopic (exact) mass is 399 g/mol. The molecule has 27 heavy (non-hydrogen) atoms. The predicted molar refractivity (Wildman–Crippen MR) is 93.9 cm³/mol. The molecule has 5 nitrogen and oxygen atoms in total. The molecule has 1 aliphatic rings. The van der Waals surface area contributed by atoms with Crippen molar-refractivity contribution in [3.05, 3.63) is 51.9 Å². The number of halogens is 4. The highest BCUT2D eigenvalue weighted by molar-refractivity contribution is 6.35. The second kappa shape index (κ2) is 7.34. The van der Waals surface area contributed by atoms with Crippen LogP contribution >= 0.6 is 11.6 Å². The van der Waals surface area contributed by atoms with Crippen molar-refractivity contribution in [1.82, 2.24) is 9.97 Å². The Morgan fingerprint density at radius 1 is 1.33 bits per heavy atom. The largest absolute Gasteiger partial charge is 0.464 e. The van der Waals surface area contributed by atoms with Crippen LogP contribution in [0.15, 0.2) is 24.3 Å². The van der Waals surface area contributed by atoms with Gasteiger partial charge >= 0.3 is 12.1 Å². The van der Waals surface area contributed by atoms with E-state index in [1.165, 1.54) is 13.2 Å². The highest BCUT2D eigenvalue weighted by atomic mass is 35.5. The standard InChI is InChI=1S/C18H17ClF3N3O2/c1-25(9-10-4-3-5-12(8-10)18(20,21)22)16-13(19)14(17(26)27-2)23-15(24-16)11-6-7-11/h3-5,8,11H,6-7,9H2,1-2H3. The molecule has 1 aliphatic carbocycles. The van der Waals surface area contributed by atoms with Crippen molar-refractivity contribution >= 4 is 23.4 Å². The minimum absolute atomic E-state index is 0.0146. The van der Waals surface area contributed by atoms with E-state index in [1.54, 1.807) is 18.0 Å². The summed E-state index contributed by atoms with van der Waals surface area (Å²) in [7, 11) is 2.87. The van der Waals surface area contributed by atoms with E-state index in [0.717, 1.165) is 25.0 Å². The molecule has 3 rings (SSSR count). The summed E-state index contributed by atoms with van der Waals surface area (Å²) in [6, 6.07) is 5.03. The van der Waals surface area contributed by atoms with Crippen LogP contribution in [-0.4, -0.2) is 30.1 Å². The Morgan fingerprint density at radius 3 is 2.63 bits per heavy atom. The van der Waals surface area contributed by atoms with E-state index in [-0.39, 0.29) is 29.0 Å². The molecule has 0 N–H and O–H groups in total. The topological polar surface area (TPSA) is 55.3 Å². The summed E-state index contributed by atoms with van der Waals surface area (Å²) in [6.45, 7) is 0.130. The lowest BCUT2D eigenvalue weighted by atomic mass is 10.1. The minimum atomic E-state index is -4.42.